The van der Waals surface area contributed by atoms with Crippen molar-refractivity contribution in [1.29, 1.82) is 0 Å². The van der Waals surface area contributed by atoms with Gasteiger partial charge in [0.05, 0.1) is 14.2 Å². The second kappa shape index (κ2) is 5.57. The normalized spacial score (nSPS) is 12.8. The number of alkyl halides is 1. The fourth-order valence-corrected chi connectivity index (χ4v) is 3.63. The highest BCUT2D eigenvalue weighted by Gasteiger charge is 2.18. The molecule has 1 aromatic carbocycles. The Labute approximate surface area is 129 Å². The Balaban J connectivity index is 2.43. The van der Waals surface area contributed by atoms with Gasteiger partial charge in [0, 0.05) is 14.9 Å². The van der Waals surface area contributed by atoms with Crippen LogP contribution < -0.4 is 0 Å². The second-order valence-corrected chi connectivity index (χ2v) is 7.48. The fraction of sp³-hybridized carbons (Fsp3) is 0.0909. The predicted molar refractivity (Wildman–Crippen MR) is 78.8 cm³/mol. The maximum atomic E-state index is 13.8. The van der Waals surface area contributed by atoms with Crippen molar-refractivity contribution in [2.24, 2.45) is 0 Å². The molecule has 90 valence electrons. The molecule has 0 aliphatic rings. The van der Waals surface area contributed by atoms with Gasteiger partial charge in [-0.2, -0.15) is 0 Å². The molecule has 1 unspecified atom stereocenters. The van der Waals surface area contributed by atoms with E-state index in [9.17, 15) is 4.39 Å². The van der Waals surface area contributed by atoms with Crippen molar-refractivity contribution >= 4 is 66.4 Å². The standard InChI is InChI=1S/C11H5Br2Cl2FS/c12-6-4-8(16)5(3-7(6)14)11(15)9-1-2-10(13)17-9/h1-4,11H. The first-order valence-electron chi connectivity index (χ1n) is 4.53. The van der Waals surface area contributed by atoms with E-state index in [2.05, 4.69) is 31.9 Å². The lowest BCUT2D eigenvalue weighted by atomic mass is 10.1. The summed E-state index contributed by atoms with van der Waals surface area (Å²) in [4.78, 5) is 0.871. The van der Waals surface area contributed by atoms with Crippen LogP contribution in [0.15, 0.2) is 32.5 Å². The highest BCUT2D eigenvalue weighted by atomic mass is 79.9. The van der Waals surface area contributed by atoms with E-state index in [1.54, 1.807) is 6.07 Å². The molecule has 2 rings (SSSR count). The summed E-state index contributed by atoms with van der Waals surface area (Å²) >= 11 is 20.2. The molecular formula is C11H5Br2Cl2FS. The zero-order valence-electron chi connectivity index (χ0n) is 8.18. The molecule has 0 fully saturated rings. The van der Waals surface area contributed by atoms with E-state index in [1.807, 2.05) is 12.1 Å². The molecule has 0 spiro atoms. The second-order valence-electron chi connectivity index (χ2n) is 3.29. The summed E-state index contributed by atoms with van der Waals surface area (Å²) in [5, 5.41) is -0.0837. The van der Waals surface area contributed by atoms with Crippen LogP contribution in [0.4, 0.5) is 4.39 Å². The summed E-state index contributed by atoms with van der Waals surface area (Å²) in [7, 11) is 0. The Morgan fingerprint density at radius 2 is 1.94 bits per heavy atom. The molecule has 0 saturated carbocycles. The van der Waals surface area contributed by atoms with Crippen molar-refractivity contribution in [3.63, 3.8) is 0 Å². The lowest BCUT2D eigenvalue weighted by molar-refractivity contribution is 0.612. The van der Waals surface area contributed by atoms with Crippen LogP contribution in [0.1, 0.15) is 15.8 Å². The first kappa shape index (κ1) is 13.8. The van der Waals surface area contributed by atoms with Crippen molar-refractivity contribution in [2.45, 2.75) is 5.38 Å². The molecular weight excluding hydrogens is 414 g/mol. The SMILES string of the molecule is Fc1cc(Br)c(Cl)cc1C(Cl)c1ccc(Br)s1. The topological polar surface area (TPSA) is 0 Å². The molecule has 0 bridgehead atoms. The molecule has 1 atom stereocenters. The van der Waals surface area contributed by atoms with E-state index in [0.717, 1.165) is 8.66 Å². The van der Waals surface area contributed by atoms with E-state index >= 15 is 0 Å². The monoisotopic (exact) mass is 416 g/mol. The van der Waals surface area contributed by atoms with Crippen LogP contribution in [0.25, 0.3) is 0 Å². The van der Waals surface area contributed by atoms with Crippen LogP contribution in [0, 0.1) is 5.82 Å². The van der Waals surface area contributed by atoms with Gasteiger partial charge < -0.3 is 0 Å². The van der Waals surface area contributed by atoms with Gasteiger partial charge in [0.15, 0.2) is 0 Å². The molecule has 1 heterocycles. The largest absolute Gasteiger partial charge is 0.207 e. The predicted octanol–water partition coefficient (Wildman–Crippen LogP) is 6.39. The third-order valence-corrected chi connectivity index (χ3v) is 5.64. The summed E-state index contributed by atoms with van der Waals surface area (Å²) in [6.45, 7) is 0. The van der Waals surface area contributed by atoms with Crippen molar-refractivity contribution in [2.75, 3.05) is 0 Å². The van der Waals surface area contributed by atoms with Gasteiger partial charge in [-0.25, -0.2) is 4.39 Å². The van der Waals surface area contributed by atoms with Crippen LogP contribution in [-0.4, -0.2) is 0 Å². The third kappa shape index (κ3) is 3.04. The Bertz CT molecular complexity index is 556. The molecule has 0 saturated heterocycles. The Kier molecular flexibility index (Phi) is 4.53. The van der Waals surface area contributed by atoms with E-state index in [-0.39, 0.29) is 5.82 Å². The number of halogens is 5. The average molecular weight is 419 g/mol. The van der Waals surface area contributed by atoms with Crippen molar-refractivity contribution in [1.82, 2.24) is 0 Å². The maximum Gasteiger partial charge on any atom is 0.129 e. The van der Waals surface area contributed by atoms with Crippen LogP contribution in [0.2, 0.25) is 5.02 Å². The van der Waals surface area contributed by atoms with E-state index < -0.39 is 5.38 Å². The van der Waals surface area contributed by atoms with Crippen LogP contribution in [0.5, 0.6) is 0 Å². The summed E-state index contributed by atoms with van der Waals surface area (Å²) in [5.74, 6) is -0.370. The zero-order valence-corrected chi connectivity index (χ0v) is 13.7. The lowest BCUT2D eigenvalue weighted by Gasteiger charge is -2.10. The number of hydrogen-bond donors (Lipinski definition) is 0. The number of thiophene rings is 1. The zero-order chi connectivity index (χ0) is 12.6. The summed E-state index contributed by atoms with van der Waals surface area (Å²) in [5.41, 5.74) is 0.384. The number of rotatable bonds is 2. The van der Waals surface area contributed by atoms with Crippen molar-refractivity contribution in [3.05, 3.63) is 53.8 Å². The quantitative estimate of drug-likeness (QED) is 0.391. The van der Waals surface area contributed by atoms with Gasteiger partial charge in [0.2, 0.25) is 0 Å². The third-order valence-electron chi connectivity index (χ3n) is 2.16. The summed E-state index contributed by atoms with van der Waals surface area (Å²) < 4.78 is 15.3. The molecule has 17 heavy (non-hydrogen) atoms. The maximum absolute atomic E-state index is 13.8. The van der Waals surface area contributed by atoms with Crippen LogP contribution >= 0.6 is 66.4 Å². The van der Waals surface area contributed by atoms with Gasteiger partial charge in [-0.3, -0.25) is 0 Å². The fourth-order valence-electron chi connectivity index (χ4n) is 1.35. The molecule has 1 aromatic heterocycles. The minimum absolute atomic E-state index is 0.370. The smallest absolute Gasteiger partial charge is 0.129 e. The molecule has 0 N–H and O–H groups in total. The average Bonchev–Trinajstić information content (AvgIpc) is 2.69. The van der Waals surface area contributed by atoms with Gasteiger partial charge in [0.25, 0.3) is 0 Å². The molecule has 0 nitrogen and oxygen atoms in total. The number of hydrogen-bond acceptors (Lipinski definition) is 1. The molecule has 0 aliphatic heterocycles. The van der Waals surface area contributed by atoms with Crippen molar-refractivity contribution < 1.29 is 4.39 Å². The minimum Gasteiger partial charge on any atom is -0.207 e. The minimum atomic E-state index is -0.531. The molecule has 0 amide bonds. The Hall–Kier alpha value is 0.390. The van der Waals surface area contributed by atoms with Crippen LogP contribution in [-0.2, 0) is 0 Å². The van der Waals surface area contributed by atoms with Crippen molar-refractivity contribution in [3.8, 4) is 0 Å². The molecule has 0 radical (unpaired) electrons. The highest BCUT2D eigenvalue weighted by molar-refractivity contribution is 9.11. The molecule has 6 heteroatoms. The molecule has 2 aromatic rings. The first-order valence-corrected chi connectivity index (χ1v) is 7.74. The first-order chi connectivity index (χ1) is 7.99. The summed E-state index contributed by atoms with van der Waals surface area (Å²) in [6, 6.07) is 6.62. The lowest BCUT2D eigenvalue weighted by Crippen LogP contribution is -1.95. The van der Waals surface area contributed by atoms with Gasteiger partial charge in [-0.05, 0) is 56.1 Å². The van der Waals surface area contributed by atoms with Gasteiger partial charge >= 0.3 is 0 Å². The Morgan fingerprint density at radius 3 is 2.53 bits per heavy atom. The summed E-state index contributed by atoms with van der Waals surface area (Å²) in [6.07, 6.45) is 0. The van der Waals surface area contributed by atoms with E-state index in [1.165, 1.54) is 17.4 Å². The van der Waals surface area contributed by atoms with Crippen LogP contribution in [0.3, 0.4) is 0 Å². The number of benzene rings is 1. The Morgan fingerprint density at radius 1 is 1.24 bits per heavy atom. The van der Waals surface area contributed by atoms with Gasteiger partial charge in [-0.15, -0.1) is 22.9 Å². The van der Waals surface area contributed by atoms with E-state index in [4.69, 9.17) is 23.2 Å². The highest BCUT2D eigenvalue weighted by Crippen LogP contribution is 2.38. The van der Waals surface area contributed by atoms with E-state index in [0.29, 0.717) is 15.1 Å². The molecule has 0 aliphatic carbocycles. The van der Waals surface area contributed by atoms with Gasteiger partial charge in [-0.1, -0.05) is 11.6 Å². The van der Waals surface area contributed by atoms with Gasteiger partial charge in [0.1, 0.15) is 5.82 Å².